The van der Waals surface area contributed by atoms with Crippen molar-refractivity contribution in [2.45, 2.75) is 4.90 Å². The summed E-state index contributed by atoms with van der Waals surface area (Å²) in [5, 5.41) is 13.8. The summed E-state index contributed by atoms with van der Waals surface area (Å²) < 4.78 is 36.6. The summed E-state index contributed by atoms with van der Waals surface area (Å²) >= 11 is 0. The van der Waals surface area contributed by atoms with Crippen LogP contribution in [0.2, 0.25) is 0 Å². The summed E-state index contributed by atoms with van der Waals surface area (Å²) in [7, 11) is -3.70. The molecule has 3 rings (SSSR count). The monoisotopic (exact) mass is 450 g/mol. The molecule has 31 heavy (non-hydrogen) atoms. The van der Waals surface area contributed by atoms with Crippen LogP contribution >= 0.6 is 0 Å². The molecule has 1 saturated heterocycles. The number of amides is 1. The van der Waals surface area contributed by atoms with Gasteiger partial charge in [0.15, 0.2) is 9.84 Å². The number of nitrogens with one attached hydrogen (secondary N) is 1. The van der Waals surface area contributed by atoms with Crippen LogP contribution in [-0.4, -0.2) is 69.7 Å². The second kappa shape index (κ2) is 9.40. The highest BCUT2D eigenvalue weighted by molar-refractivity contribution is 7.90. The Labute approximate surface area is 179 Å². The van der Waals surface area contributed by atoms with Crippen molar-refractivity contribution >= 4 is 27.1 Å². The molecule has 0 saturated carbocycles. The lowest BCUT2D eigenvalue weighted by atomic mass is 10.2. The molecule has 1 amide bonds. The molecule has 9 nitrogen and oxygen atoms in total. The predicted octanol–water partition coefficient (Wildman–Crippen LogP) is 1.69. The molecule has 0 radical (unpaired) electrons. The van der Waals surface area contributed by atoms with E-state index in [1.54, 1.807) is 12.1 Å². The third-order valence-corrected chi connectivity index (χ3v) is 6.16. The number of carbonyl (C=O) groups excluding carboxylic acids is 1. The average molecular weight is 450 g/mol. The van der Waals surface area contributed by atoms with Gasteiger partial charge in [-0.3, -0.25) is 19.8 Å². The highest BCUT2D eigenvalue weighted by Gasteiger charge is 2.20. The number of nitrogens with zero attached hydrogens (tertiary/aromatic N) is 3. The first-order chi connectivity index (χ1) is 14.6. The molecule has 166 valence electrons. The summed E-state index contributed by atoms with van der Waals surface area (Å²) in [4.78, 5) is 26.8. The van der Waals surface area contributed by atoms with Crippen molar-refractivity contribution in [2.24, 2.45) is 0 Å². The minimum atomic E-state index is -3.70. The number of carbonyl (C=O) groups is 1. The zero-order valence-corrected chi connectivity index (χ0v) is 17.8. The fraction of sp³-hybridized carbons (Fsp3) is 0.350. The molecule has 0 spiro atoms. The van der Waals surface area contributed by atoms with Gasteiger partial charge in [-0.25, -0.2) is 12.8 Å². The SMILES string of the molecule is CS(=O)(=O)c1cc(C(=O)NCCN2CCN(c3ccc(F)cc3)CC2)cc([N+](=O)[O-])c1. The van der Waals surface area contributed by atoms with Gasteiger partial charge in [-0.15, -0.1) is 0 Å². The zero-order valence-electron chi connectivity index (χ0n) is 17.0. The molecule has 1 fully saturated rings. The number of sulfone groups is 1. The van der Waals surface area contributed by atoms with Gasteiger partial charge in [0.05, 0.1) is 9.82 Å². The molecule has 1 aliphatic heterocycles. The number of non-ortho nitro benzene ring substituents is 1. The van der Waals surface area contributed by atoms with E-state index in [1.807, 2.05) is 0 Å². The maximum atomic E-state index is 13.1. The van der Waals surface area contributed by atoms with Crippen molar-refractivity contribution in [1.82, 2.24) is 10.2 Å². The van der Waals surface area contributed by atoms with Crippen LogP contribution < -0.4 is 10.2 Å². The molecule has 1 aliphatic rings. The van der Waals surface area contributed by atoms with E-state index in [-0.39, 0.29) is 16.3 Å². The largest absolute Gasteiger partial charge is 0.369 e. The Morgan fingerprint density at radius 3 is 2.35 bits per heavy atom. The Kier molecular flexibility index (Phi) is 6.86. The number of rotatable bonds is 7. The van der Waals surface area contributed by atoms with E-state index in [4.69, 9.17) is 0 Å². The minimum absolute atomic E-state index is 0.0734. The van der Waals surface area contributed by atoms with Crippen LogP contribution in [0.5, 0.6) is 0 Å². The second-order valence-corrected chi connectivity index (χ2v) is 9.32. The fourth-order valence-electron chi connectivity index (χ4n) is 3.35. The highest BCUT2D eigenvalue weighted by Crippen LogP contribution is 2.21. The van der Waals surface area contributed by atoms with Crippen LogP contribution in [-0.2, 0) is 9.84 Å². The summed E-state index contributed by atoms with van der Waals surface area (Å²) in [5.74, 6) is -0.843. The van der Waals surface area contributed by atoms with Gasteiger partial charge in [-0.2, -0.15) is 0 Å². The minimum Gasteiger partial charge on any atom is -0.369 e. The van der Waals surface area contributed by atoms with Crippen molar-refractivity contribution in [3.8, 4) is 0 Å². The van der Waals surface area contributed by atoms with Crippen LogP contribution in [0.25, 0.3) is 0 Å². The molecular weight excluding hydrogens is 427 g/mol. The van der Waals surface area contributed by atoms with Crippen molar-refractivity contribution < 1.29 is 22.5 Å². The van der Waals surface area contributed by atoms with E-state index in [2.05, 4.69) is 15.1 Å². The Morgan fingerprint density at radius 2 is 1.77 bits per heavy atom. The lowest BCUT2D eigenvalue weighted by Crippen LogP contribution is -2.48. The number of nitro groups is 1. The van der Waals surface area contributed by atoms with Gasteiger partial charge in [-0.1, -0.05) is 0 Å². The Balaban J connectivity index is 1.53. The molecule has 0 unspecified atom stereocenters. The number of hydrogen-bond donors (Lipinski definition) is 1. The van der Waals surface area contributed by atoms with Gasteiger partial charge in [0.2, 0.25) is 0 Å². The summed E-state index contributed by atoms with van der Waals surface area (Å²) in [6.07, 6.45) is 0.930. The number of halogens is 1. The summed E-state index contributed by atoms with van der Waals surface area (Å²) in [5.41, 5.74) is 0.433. The maximum absolute atomic E-state index is 13.1. The van der Waals surface area contributed by atoms with Crippen molar-refractivity contribution in [1.29, 1.82) is 0 Å². The molecule has 0 aliphatic carbocycles. The third kappa shape index (κ3) is 5.98. The normalized spacial score (nSPS) is 15.0. The molecule has 1 N–H and O–H groups in total. The number of anilines is 1. The van der Waals surface area contributed by atoms with Crippen LogP contribution in [0.15, 0.2) is 47.4 Å². The van der Waals surface area contributed by atoms with Crippen LogP contribution in [0.1, 0.15) is 10.4 Å². The fourth-order valence-corrected chi connectivity index (χ4v) is 4.02. The predicted molar refractivity (Wildman–Crippen MR) is 114 cm³/mol. The third-order valence-electron chi connectivity index (χ3n) is 5.07. The molecule has 0 atom stereocenters. The molecular formula is C20H23FN4O5S. The lowest BCUT2D eigenvalue weighted by Gasteiger charge is -2.36. The lowest BCUT2D eigenvalue weighted by molar-refractivity contribution is -0.385. The van der Waals surface area contributed by atoms with E-state index >= 15 is 0 Å². The summed E-state index contributed by atoms with van der Waals surface area (Å²) in [6.45, 7) is 3.96. The first-order valence-electron chi connectivity index (χ1n) is 9.64. The molecule has 1 heterocycles. The van der Waals surface area contributed by atoms with Crippen molar-refractivity contribution in [2.75, 3.05) is 50.4 Å². The average Bonchev–Trinajstić information content (AvgIpc) is 2.74. The second-order valence-electron chi connectivity index (χ2n) is 7.31. The molecule has 2 aromatic carbocycles. The quantitative estimate of drug-likeness (QED) is 0.504. The highest BCUT2D eigenvalue weighted by atomic mass is 32.2. The van der Waals surface area contributed by atoms with E-state index in [9.17, 15) is 27.7 Å². The van der Waals surface area contributed by atoms with E-state index in [0.717, 1.165) is 56.3 Å². The van der Waals surface area contributed by atoms with Crippen molar-refractivity contribution in [3.63, 3.8) is 0 Å². The standard InChI is InChI=1S/C20H23FN4O5S/c1-31(29,30)19-13-15(12-18(14-19)25(27)28)20(26)22-6-7-23-8-10-24(11-9-23)17-4-2-16(21)3-5-17/h2-5,12-14H,6-11H2,1H3,(H,22,26). The van der Waals surface area contributed by atoms with Crippen LogP contribution in [0, 0.1) is 15.9 Å². The van der Waals surface area contributed by atoms with Gasteiger partial charge in [0, 0.05) is 68.9 Å². The van der Waals surface area contributed by atoms with Gasteiger partial charge in [0.1, 0.15) is 5.82 Å². The van der Waals surface area contributed by atoms with Gasteiger partial charge in [-0.05, 0) is 30.3 Å². The Morgan fingerprint density at radius 1 is 1.13 bits per heavy atom. The maximum Gasteiger partial charge on any atom is 0.271 e. The van der Waals surface area contributed by atoms with E-state index in [0.29, 0.717) is 13.1 Å². The number of hydrogen-bond acceptors (Lipinski definition) is 7. The van der Waals surface area contributed by atoms with Crippen LogP contribution in [0.4, 0.5) is 15.8 Å². The molecule has 2 aromatic rings. The Bertz CT molecular complexity index is 1070. The first kappa shape index (κ1) is 22.6. The van der Waals surface area contributed by atoms with E-state index < -0.39 is 26.4 Å². The van der Waals surface area contributed by atoms with E-state index in [1.165, 1.54) is 12.1 Å². The number of benzene rings is 2. The van der Waals surface area contributed by atoms with Gasteiger partial charge < -0.3 is 10.2 Å². The smallest absolute Gasteiger partial charge is 0.271 e. The molecule has 0 bridgehead atoms. The number of piperazine rings is 1. The zero-order chi connectivity index (χ0) is 22.6. The summed E-state index contributed by atoms with van der Waals surface area (Å²) in [6, 6.07) is 9.49. The Hall–Kier alpha value is -3.05. The van der Waals surface area contributed by atoms with Crippen molar-refractivity contribution in [3.05, 3.63) is 64.0 Å². The molecule has 0 aromatic heterocycles. The van der Waals surface area contributed by atoms with Gasteiger partial charge in [0.25, 0.3) is 11.6 Å². The van der Waals surface area contributed by atoms with Crippen LogP contribution in [0.3, 0.4) is 0 Å². The topological polar surface area (TPSA) is 113 Å². The van der Waals surface area contributed by atoms with Gasteiger partial charge >= 0.3 is 0 Å². The number of nitro benzene ring substituents is 1. The first-order valence-corrected chi connectivity index (χ1v) is 11.5. The molecule has 11 heteroatoms.